The van der Waals surface area contributed by atoms with Gasteiger partial charge in [-0.2, -0.15) is 0 Å². The molecule has 0 spiro atoms. The van der Waals surface area contributed by atoms with Crippen LogP contribution in [0.15, 0.2) is 0 Å². The largest absolute Gasteiger partial charge is 0.341 e. The summed E-state index contributed by atoms with van der Waals surface area (Å²) in [6.45, 7) is 4.20. The maximum atomic E-state index is 12.7. The quantitative estimate of drug-likeness (QED) is 0.727. The van der Waals surface area contributed by atoms with Crippen LogP contribution >= 0.6 is 0 Å². The average Bonchev–Trinajstić information content (AvgIpc) is 3.10. The van der Waals surface area contributed by atoms with Crippen LogP contribution in [-0.2, 0) is 4.79 Å². The lowest BCUT2D eigenvalue weighted by atomic mass is 9.85. The van der Waals surface area contributed by atoms with Crippen LogP contribution in [0.1, 0.15) is 32.1 Å². The number of carbonyl (C=O) groups excluding carboxylic acids is 1. The number of likely N-dealkylation sites (tertiary alicyclic amines) is 1. The Morgan fingerprint density at radius 1 is 1.00 bits per heavy atom. The molecule has 3 unspecified atom stereocenters. The molecule has 0 aromatic rings. The van der Waals surface area contributed by atoms with Gasteiger partial charge in [0.2, 0.25) is 5.91 Å². The van der Waals surface area contributed by atoms with Crippen LogP contribution in [-0.4, -0.2) is 49.1 Å². The zero-order valence-electron chi connectivity index (χ0n) is 11.6. The standard InChI is InChI=1S/C15H25N3O/c19-15(18-8-11-6-16-7-12(11)9-18)14-5-10-3-1-2-4-13(10)17-14/h10-14,16-17H,1-9H2/t10?,11-,12+,13?,14?. The van der Waals surface area contributed by atoms with Crippen molar-refractivity contribution in [2.45, 2.75) is 44.2 Å². The van der Waals surface area contributed by atoms with Crippen molar-refractivity contribution in [3.05, 3.63) is 0 Å². The summed E-state index contributed by atoms with van der Waals surface area (Å²) >= 11 is 0. The Labute approximate surface area is 115 Å². The van der Waals surface area contributed by atoms with Crippen molar-refractivity contribution in [1.82, 2.24) is 15.5 Å². The summed E-state index contributed by atoms with van der Waals surface area (Å²) in [5.74, 6) is 2.59. The molecule has 3 aliphatic heterocycles. The van der Waals surface area contributed by atoms with Crippen LogP contribution in [0.4, 0.5) is 0 Å². The number of carbonyl (C=O) groups is 1. The van der Waals surface area contributed by atoms with Gasteiger partial charge in [0, 0.05) is 32.2 Å². The lowest BCUT2D eigenvalue weighted by molar-refractivity contribution is -0.132. The van der Waals surface area contributed by atoms with E-state index in [0.29, 0.717) is 23.8 Å². The van der Waals surface area contributed by atoms with Crippen molar-refractivity contribution >= 4 is 5.91 Å². The van der Waals surface area contributed by atoms with Crippen molar-refractivity contribution in [1.29, 1.82) is 0 Å². The van der Waals surface area contributed by atoms with Crippen LogP contribution in [0, 0.1) is 17.8 Å². The second-order valence-electron chi connectivity index (χ2n) is 7.03. The zero-order chi connectivity index (χ0) is 12.8. The number of hydrogen-bond acceptors (Lipinski definition) is 3. The van der Waals surface area contributed by atoms with Gasteiger partial charge < -0.3 is 15.5 Å². The molecule has 0 radical (unpaired) electrons. The second kappa shape index (κ2) is 4.74. The molecule has 0 aromatic carbocycles. The van der Waals surface area contributed by atoms with Crippen LogP contribution in [0.5, 0.6) is 0 Å². The molecular weight excluding hydrogens is 238 g/mol. The Balaban J connectivity index is 1.39. The Kier molecular flexibility index (Phi) is 3.03. The van der Waals surface area contributed by atoms with Crippen LogP contribution < -0.4 is 10.6 Å². The highest BCUT2D eigenvalue weighted by Gasteiger charge is 2.43. The Hall–Kier alpha value is -0.610. The molecule has 4 heteroatoms. The fraction of sp³-hybridized carbons (Fsp3) is 0.933. The smallest absolute Gasteiger partial charge is 0.239 e. The van der Waals surface area contributed by atoms with E-state index < -0.39 is 0 Å². The van der Waals surface area contributed by atoms with Crippen molar-refractivity contribution in [3.63, 3.8) is 0 Å². The Morgan fingerprint density at radius 2 is 1.74 bits per heavy atom. The minimum atomic E-state index is 0.125. The van der Waals surface area contributed by atoms with Gasteiger partial charge in [0.05, 0.1) is 6.04 Å². The first-order valence-corrected chi connectivity index (χ1v) is 8.07. The predicted molar refractivity (Wildman–Crippen MR) is 73.7 cm³/mol. The molecule has 19 heavy (non-hydrogen) atoms. The second-order valence-corrected chi connectivity index (χ2v) is 7.03. The Morgan fingerprint density at radius 3 is 2.47 bits per heavy atom. The fourth-order valence-corrected chi connectivity index (χ4v) is 4.77. The zero-order valence-corrected chi connectivity index (χ0v) is 11.6. The van der Waals surface area contributed by atoms with Crippen molar-refractivity contribution in [3.8, 4) is 0 Å². The fourth-order valence-electron chi connectivity index (χ4n) is 4.77. The van der Waals surface area contributed by atoms with Gasteiger partial charge >= 0.3 is 0 Å². The first-order valence-electron chi connectivity index (χ1n) is 8.07. The molecule has 5 atom stereocenters. The van der Waals surface area contributed by atoms with Crippen LogP contribution in [0.25, 0.3) is 0 Å². The van der Waals surface area contributed by atoms with E-state index in [1.165, 1.54) is 25.7 Å². The number of fused-ring (bicyclic) bond motifs is 2. The van der Waals surface area contributed by atoms with E-state index in [4.69, 9.17) is 0 Å². The molecule has 0 bridgehead atoms. The van der Waals surface area contributed by atoms with Gasteiger partial charge in [-0.25, -0.2) is 0 Å². The highest BCUT2D eigenvalue weighted by Crippen LogP contribution is 2.35. The van der Waals surface area contributed by atoms with E-state index in [0.717, 1.165) is 38.5 Å². The summed E-state index contributed by atoms with van der Waals surface area (Å²) in [5.41, 5.74) is 0. The molecule has 0 aromatic heterocycles. The molecule has 1 aliphatic carbocycles. The number of amides is 1. The number of nitrogens with one attached hydrogen (secondary N) is 2. The highest BCUT2D eigenvalue weighted by molar-refractivity contribution is 5.82. The molecule has 4 rings (SSSR count). The lowest BCUT2D eigenvalue weighted by Gasteiger charge is -2.24. The summed E-state index contributed by atoms with van der Waals surface area (Å²) in [7, 11) is 0. The van der Waals surface area contributed by atoms with E-state index in [1.807, 2.05) is 0 Å². The molecule has 4 aliphatic rings. The number of nitrogens with zero attached hydrogens (tertiary/aromatic N) is 1. The van der Waals surface area contributed by atoms with E-state index in [2.05, 4.69) is 15.5 Å². The highest BCUT2D eigenvalue weighted by atomic mass is 16.2. The van der Waals surface area contributed by atoms with Gasteiger partial charge in [0.25, 0.3) is 0 Å². The van der Waals surface area contributed by atoms with Gasteiger partial charge in [-0.3, -0.25) is 4.79 Å². The number of hydrogen-bond donors (Lipinski definition) is 2. The Bertz CT molecular complexity index is 346. The predicted octanol–water partition coefficient (Wildman–Crippen LogP) is 0.585. The summed E-state index contributed by atoms with van der Waals surface area (Å²) in [4.78, 5) is 14.8. The van der Waals surface area contributed by atoms with E-state index in [-0.39, 0.29) is 6.04 Å². The first-order chi connectivity index (χ1) is 9.31. The molecule has 2 N–H and O–H groups in total. The van der Waals surface area contributed by atoms with Gasteiger partial charge in [0.1, 0.15) is 0 Å². The molecule has 1 amide bonds. The minimum Gasteiger partial charge on any atom is -0.341 e. The first kappa shape index (κ1) is 12.2. The molecular formula is C15H25N3O. The third-order valence-corrected chi connectivity index (χ3v) is 5.86. The van der Waals surface area contributed by atoms with E-state index >= 15 is 0 Å². The monoisotopic (exact) mass is 263 g/mol. The van der Waals surface area contributed by atoms with Crippen LogP contribution in [0.3, 0.4) is 0 Å². The van der Waals surface area contributed by atoms with Crippen LogP contribution in [0.2, 0.25) is 0 Å². The third-order valence-electron chi connectivity index (χ3n) is 5.86. The molecule has 3 heterocycles. The van der Waals surface area contributed by atoms with E-state index in [1.54, 1.807) is 0 Å². The average molecular weight is 263 g/mol. The van der Waals surface area contributed by atoms with Gasteiger partial charge in [-0.15, -0.1) is 0 Å². The minimum absolute atomic E-state index is 0.125. The number of rotatable bonds is 1. The van der Waals surface area contributed by atoms with Gasteiger partial charge in [-0.05, 0) is 37.0 Å². The van der Waals surface area contributed by atoms with Gasteiger partial charge in [-0.1, -0.05) is 12.8 Å². The van der Waals surface area contributed by atoms with Crippen molar-refractivity contribution < 1.29 is 4.79 Å². The van der Waals surface area contributed by atoms with Gasteiger partial charge in [0.15, 0.2) is 0 Å². The van der Waals surface area contributed by atoms with E-state index in [9.17, 15) is 4.79 Å². The topological polar surface area (TPSA) is 44.4 Å². The summed E-state index contributed by atoms with van der Waals surface area (Å²) in [5, 5.41) is 7.07. The molecule has 1 saturated carbocycles. The SMILES string of the molecule is O=C(C1CC2CCCCC2N1)N1C[C@H]2CNC[C@H]2C1. The third kappa shape index (κ3) is 2.09. The van der Waals surface area contributed by atoms with Crippen molar-refractivity contribution in [2.24, 2.45) is 17.8 Å². The normalized spacial score (nSPS) is 45.3. The molecule has 4 fully saturated rings. The maximum Gasteiger partial charge on any atom is 0.239 e. The summed E-state index contributed by atoms with van der Waals surface area (Å²) in [6.07, 6.45) is 6.41. The maximum absolute atomic E-state index is 12.7. The molecule has 106 valence electrons. The lowest BCUT2D eigenvalue weighted by Crippen LogP contribution is -2.45. The molecule has 3 saturated heterocycles. The van der Waals surface area contributed by atoms with Crippen molar-refractivity contribution in [2.75, 3.05) is 26.2 Å². The summed E-state index contributed by atoms with van der Waals surface area (Å²) < 4.78 is 0. The summed E-state index contributed by atoms with van der Waals surface area (Å²) in [6, 6.07) is 0.756. The molecule has 4 nitrogen and oxygen atoms in total.